The first-order valence-corrected chi connectivity index (χ1v) is 4.77. The third kappa shape index (κ3) is 5.77. The van der Waals surface area contributed by atoms with Gasteiger partial charge in [0.2, 0.25) is 0 Å². The summed E-state index contributed by atoms with van der Waals surface area (Å²) in [7, 11) is 3.26. The number of aliphatic hydroxyl groups is 1. The van der Waals surface area contributed by atoms with Gasteiger partial charge in [0.05, 0.1) is 12.7 Å². The van der Waals surface area contributed by atoms with Crippen LogP contribution in [0.25, 0.3) is 0 Å². The second-order valence-electron chi connectivity index (χ2n) is 3.14. The van der Waals surface area contributed by atoms with Crippen molar-refractivity contribution in [3.63, 3.8) is 0 Å². The molecule has 0 radical (unpaired) electrons. The second-order valence-corrected chi connectivity index (χ2v) is 3.14. The fraction of sp³-hybridized carbons (Fsp3) is 0.889. The Morgan fingerprint density at radius 3 is 2.79 bits per heavy atom. The van der Waals surface area contributed by atoms with Gasteiger partial charge in [-0.15, -0.1) is 0 Å². The van der Waals surface area contributed by atoms with Gasteiger partial charge in [0.1, 0.15) is 0 Å². The fourth-order valence-corrected chi connectivity index (χ4v) is 0.900. The zero-order valence-electron chi connectivity index (χ0n) is 9.12. The van der Waals surface area contributed by atoms with Gasteiger partial charge in [-0.05, 0) is 13.3 Å². The van der Waals surface area contributed by atoms with E-state index >= 15 is 0 Å². The molecular weight excluding hydrogens is 184 g/mol. The molecule has 0 saturated heterocycles. The number of methoxy groups -OCH3 is 1. The Balaban J connectivity index is 3.48. The highest BCUT2D eigenvalue weighted by atomic mass is 16.5. The van der Waals surface area contributed by atoms with Gasteiger partial charge in [-0.2, -0.15) is 0 Å². The zero-order valence-corrected chi connectivity index (χ0v) is 9.12. The van der Waals surface area contributed by atoms with E-state index in [1.54, 1.807) is 11.9 Å². The van der Waals surface area contributed by atoms with Crippen molar-refractivity contribution in [2.45, 2.75) is 19.4 Å². The summed E-state index contributed by atoms with van der Waals surface area (Å²) >= 11 is 0. The number of rotatable bonds is 6. The lowest BCUT2D eigenvalue weighted by Gasteiger charge is -2.16. The van der Waals surface area contributed by atoms with Crippen molar-refractivity contribution >= 4 is 6.03 Å². The molecule has 0 fully saturated rings. The summed E-state index contributed by atoms with van der Waals surface area (Å²) < 4.78 is 4.76. The fourth-order valence-electron chi connectivity index (χ4n) is 0.900. The van der Waals surface area contributed by atoms with Crippen LogP contribution >= 0.6 is 0 Å². The molecule has 0 saturated carbocycles. The molecule has 0 spiro atoms. The number of urea groups is 1. The van der Waals surface area contributed by atoms with Gasteiger partial charge in [0.15, 0.2) is 0 Å². The zero-order chi connectivity index (χ0) is 11.0. The third-order valence-corrected chi connectivity index (χ3v) is 1.93. The quantitative estimate of drug-likeness (QED) is 0.642. The van der Waals surface area contributed by atoms with Crippen LogP contribution in [0.4, 0.5) is 4.79 Å². The van der Waals surface area contributed by atoms with Crippen LogP contribution in [0.2, 0.25) is 0 Å². The highest BCUT2D eigenvalue weighted by Gasteiger charge is 2.07. The number of ether oxygens (including phenoxy) is 1. The van der Waals surface area contributed by atoms with Crippen molar-refractivity contribution in [1.82, 2.24) is 10.2 Å². The Morgan fingerprint density at radius 2 is 2.29 bits per heavy atom. The molecule has 2 N–H and O–H groups in total. The van der Waals surface area contributed by atoms with E-state index < -0.39 is 6.10 Å². The smallest absolute Gasteiger partial charge is 0.317 e. The Kier molecular flexibility index (Phi) is 7.14. The molecule has 1 atom stereocenters. The predicted octanol–water partition coefficient (Wildman–Crippen LogP) is 0.0451. The molecule has 0 aromatic carbocycles. The summed E-state index contributed by atoms with van der Waals surface area (Å²) in [6.07, 6.45) is 0.00385. The SMILES string of the molecule is CCN(C)C(=O)NCCC(O)COC. The molecule has 2 amide bonds. The Morgan fingerprint density at radius 1 is 1.64 bits per heavy atom. The molecule has 0 heterocycles. The molecule has 0 aromatic heterocycles. The number of nitrogens with zero attached hydrogens (tertiary/aromatic N) is 1. The van der Waals surface area contributed by atoms with Gasteiger partial charge in [-0.1, -0.05) is 0 Å². The van der Waals surface area contributed by atoms with Crippen molar-refractivity contribution in [2.75, 3.05) is 33.9 Å². The number of hydrogen-bond acceptors (Lipinski definition) is 3. The normalized spacial score (nSPS) is 12.3. The Bertz CT molecular complexity index is 164. The Hall–Kier alpha value is -0.810. The summed E-state index contributed by atoms with van der Waals surface area (Å²) in [6, 6.07) is -0.114. The molecule has 1 unspecified atom stereocenters. The number of hydrogen-bond donors (Lipinski definition) is 2. The van der Waals surface area contributed by atoms with E-state index in [4.69, 9.17) is 4.74 Å². The highest BCUT2D eigenvalue weighted by molar-refractivity contribution is 5.73. The van der Waals surface area contributed by atoms with Crippen molar-refractivity contribution in [3.8, 4) is 0 Å². The van der Waals surface area contributed by atoms with Gasteiger partial charge in [-0.25, -0.2) is 4.79 Å². The average molecular weight is 204 g/mol. The van der Waals surface area contributed by atoms with Crippen molar-refractivity contribution in [3.05, 3.63) is 0 Å². The van der Waals surface area contributed by atoms with Crippen LogP contribution in [0.15, 0.2) is 0 Å². The van der Waals surface area contributed by atoms with E-state index in [1.165, 1.54) is 7.11 Å². The topological polar surface area (TPSA) is 61.8 Å². The van der Waals surface area contributed by atoms with Gasteiger partial charge in [0, 0.05) is 27.2 Å². The maximum atomic E-state index is 11.2. The van der Waals surface area contributed by atoms with Crippen molar-refractivity contribution < 1.29 is 14.6 Å². The van der Waals surface area contributed by atoms with Crippen LogP contribution in [0.3, 0.4) is 0 Å². The number of aliphatic hydroxyl groups excluding tert-OH is 1. The number of amides is 2. The minimum absolute atomic E-state index is 0.114. The summed E-state index contributed by atoms with van der Waals surface area (Å²) in [4.78, 5) is 12.8. The monoisotopic (exact) mass is 204 g/mol. The van der Waals surface area contributed by atoms with E-state index in [0.29, 0.717) is 26.1 Å². The first-order chi connectivity index (χ1) is 6.61. The van der Waals surface area contributed by atoms with E-state index in [1.807, 2.05) is 6.92 Å². The summed E-state index contributed by atoms with van der Waals surface area (Å²) in [5.74, 6) is 0. The van der Waals surface area contributed by atoms with Crippen LogP contribution in [-0.4, -0.2) is 56.0 Å². The number of carbonyl (C=O) groups excluding carboxylic acids is 1. The van der Waals surface area contributed by atoms with Crippen LogP contribution in [0.5, 0.6) is 0 Å². The molecule has 0 rings (SSSR count). The van der Waals surface area contributed by atoms with Crippen LogP contribution in [0.1, 0.15) is 13.3 Å². The molecule has 0 aliphatic heterocycles. The Labute approximate surface area is 85.0 Å². The van der Waals surface area contributed by atoms with Gasteiger partial charge in [-0.3, -0.25) is 0 Å². The van der Waals surface area contributed by atoms with Crippen LogP contribution < -0.4 is 5.32 Å². The van der Waals surface area contributed by atoms with E-state index in [2.05, 4.69) is 5.32 Å². The highest BCUT2D eigenvalue weighted by Crippen LogP contribution is 1.91. The second kappa shape index (κ2) is 7.58. The van der Waals surface area contributed by atoms with Crippen molar-refractivity contribution in [2.24, 2.45) is 0 Å². The average Bonchev–Trinajstić information content (AvgIpc) is 2.16. The summed E-state index contributed by atoms with van der Waals surface area (Å²) in [5.41, 5.74) is 0. The minimum Gasteiger partial charge on any atom is -0.391 e. The standard InChI is InChI=1S/C9H20N2O3/c1-4-11(2)9(13)10-6-5-8(12)7-14-3/h8,12H,4-7H2,1-3H3,(H,10,13). The van der Waals surface area contributed by atoms with Crippen molar-refractivity contribution in [1.29, 1.82) is 0 Å². The first kappa shape index (κ1) is 13.2. The lowest BCUT2D eigenvalue weighted by molar-refractivity contribution is 0.0596. The molecule has 0 aromatic rings. The van der Waals surface area contributed by atoms with Gasteiger partial charge in [0.25, 0.3) is 0 Å². The summed E-state index contributed by atoms with van der Waals surface area (Å²) in [5, 5.41) is 12.0. The lowest BCUT2D eigenvalue weighted by Crippen LogP contribution is -2.38. The van der Waals surface area contributed by atoms with Crippen LogP contribution in [0, 0.1) is 0 Å². The maximum Gasteiger partial charge on any atom is 0.317 e. The summed E-state index contributed by atoms with van der Waals surface area (Å²) in [6.45, 7) is 3.35. The predicted molar refractivity (Wildman–Crippen MR) is 54.2 cm³/mol. The molecule has 0 aliphatic carbocycles. The van der Waals surface area contributed by atoms with E-state index in [0.717, 1.165) is 0 Å². The van der Waals surface area contributed by atoms with Crippen LogP contribution in [-0.2, 0) is 4.74 Å². The van der Waals surface area contributed by atoms with Gasteiger partial charge >= 0.3 is 6.03 Å². The first-order valence-electron chi connectivity index (χ1n) is 4.77. The van der Waals surface area contributed by atoms with Gasteiger partial charge < -0.3 is 20.1 Å². The lowest BCUT2D eigenvalue weighted by atomic mass is 10.3. The molecule has 14 heavy (non-hydrogen) atoms. The molecule has 5 nitrogen and oxygen atoms in total. The largest absolute Gasteiger partial charge is 0.391 e. The molecule has 0 bridgehead atoms. The van der Waals surface area contributed by atoms with E-state index in [-0.39, 0.29) is 6.03 Å². The third-order valence-electron chi connectivity index (χ3n) is 1.93. The number of carbonyl (C=O) groups is 1. The maximum absolute atomic E-state index is 11.2. The molecule has 5 heteroatoms. The number of nitrogens with one attached hydrogen (secondary N) is 1. The molecule has 84 valence electrons. The minimum atomic E-state index is -0.507. The molecule has 0 aliphatic rings. The molecular formula is C9H20N2O3. The van der Waals surface area contributed by atoms with E-state index in [9.17, 15) is 9.90 Å².